The minimum absolute atomic E-state index is 0.0600. The van der Waals surface area contributed by atoms with Gasteiger partial charge >= 0.3 is 6.09 Å². The van der Waals surface area contributed by atoms with E-state index in [1.807, 2.05) is 32.0 Å². The van der Waals surface area contributed by atoms with E-state index < -0.39 is 42.2 Å². The molecule has 0 fully saturated rings. The van der Waals surface area contributed by atoms with Gasteiger partial charge < -0.3 is 30.5 Å². The van der Waals surface area contributed by atoms with E-state index in [4.69, 9.17) is 4.74 Å². The number of aryl methyl sites for hydroxylation is 2. The number of ether oxygens (including phenoxy) is 1. The second kappa shape index (κ2) is 11.7. The van der Waals surface area contributed by atoms with Crippen LogP contribution in [0.5, 0.6) is 5.75 Å². The van der Waals surface area contributed by atoms with Crippen LogP contribution in [0.4, 0.5) is 10.5 Å². The molecule has 2 rings (SSSR count). The summed E-state index contributed by atoms with van der Waals surface area (Å²) in [6, 6.07) is 9.22. The molecular formula is C26H35N3O6. The molecule has 2 unspecified atom stereocenters. The summed E-state index contributed by atoms with van der Waals surface area (Å²) in [6.07, 6.45) is -0.875. The van der Waals surface area contributed by atoms with Crippen molar-refractivity contribution in [1.29, 1.82) is 0 Å². The topological polar surface area (TPSA) is 128 Å². The first-order valence-electron chi connectivity index (χ1n) is 11.4. The van der Waals surface area contributed by atoms with Crippen LogP contribution in [0, 0.1) is 13.8 Å². The highest BCUT2D eigenvalue weighted by atomic mass is 16.6. The molecule has 0 saturated carbocycles. The van der Waals surface area contributed by atoms with Gasteiger partial charge in [0, 0.05) is 17.8 Å². The SMILES string of the molecule is CCN(C(=O)C(CO)NC(=O)OC(C)(C)C)C(C(=O)Nc1c(C)cccc1C)c1ccccc1O. The molecule has 0 aromatic heterocycles. The Morgan fingerprint density at radius 1 is 1.03 bits per heavy atom. The Hall–Kier alpha value is -3.59. The Balaban J connectivity index is 2.45. The molecule has 35 heavy (non-hydrogen) atoms. The van der Waals surface area contributed by atoms with Gasteiger partial charge in [-0.25, -0.2) is 4.79 Å². The van der Waals surface area contributed by atoms with Crippen LogP contribution in [0.2, 0.25) is 0 Å². The van der Waals surface area contributed by atoms with Crippen LogP contribution in [-0.4, -0.2) is 57.8 Å². The first kappa shape index (κ1) is 27.7. The first-order valence-corrected chi connectivity index (χ1v) is 11.4. The zero-order valence-electron chi connectivity index (χ0n) is 21.1. The largest absolute Gasteiger partial charge is 0.508 e. The van der Waals surface area contributed by atoms with E-state index in [-0.39, 0.29) is 17.9 Å². The van der Waals surface area contributed by atoms with Crippen LogP contribution in [-0.2, 0) is 14.3 Å². The van der Waals surface area contributed by atoms with E-state index in [1.165, 1.54) is 11.0 Å². The molecular weight excluding hydrogens is 450 g/mol. The predicted molar refractivity (Wildman–Crippen MR) is 133 cm³/mol. The van der Waals surface area contributed by atoms with Gasteiger partial charge in [0.25, 0.3) is 5.91 Å². The number of benzene rings is 2. The summed E-state index contributed by atoms with van der Waals surface area (Å²) in [7, 11) is 0. The van der Waals surface area contributed by atoms with Gasteiger partial charge in [0.2, 0.25) is 5.91 Å². The number of nitrogens with zero attached hydrogens (tertiary/aromatic N) is 1. The normalized spacial score (nSPS) is 12.9. The van der Waals surface area contributed by atoms with Crippen molar-refractivity contribution in [3.05, 3.63) is 59.2 Å². The quantitative estimate of drug-likeness (QED) is 0.454. The number of likely N-dealkylation sites (N-methyl/N-ethyl adjacent to an activating group) is 1. The van der Waals surface area contributed by atoms with Crippen LogP contribution >= 0.6 is 0 Å². The Morgan fingerprint density at radius 3 is 2.14 bits per heavy atom. The van der Waals surface area contributed by atoms with Crippen LogP contribution in [0.15, 0.2) is 42.5 Å². The van der Waals surface area contributed by atoms with E-state index in [2.05, 4.69) is 10.6 Å². The zero-order chi connectivity index (χ0) is 26.3. The molecule has 0 aliphatic rings. The lowest BCUT2D eigenvalue weighted by Gasteiger charge is -2.33. The van der Waals surface area contributed by atoms with Crippen molar-refractivity contribution in [3.63, 3.8) is 0 Å². The Bertz CT molecular complexity index is 1040. The third kappa shape index (κ3) is 7.19. The highest BCUT2D eigenvalue weighted by molar-refractivity contribution is 6.00. The average Bonchev–Trinajstić information content (AvgIpc) is 2.77. The highest BCUT2D eigenvalue weighted by Crippen LogP contribution is 2.31. The number of hydrogen-bond acceptors (Lipinski definition) is 6. The van der Waals surface area contributed by atoms with E-state index in [0.717, 1.165) is 11.1 Å². The number of phenols is 1. The van der Waals surface area contributed by atoms with Crippen LogP contribution in [0.25, 0.3) is 0 Å². The number of carbonyl (C=O) groups excluding carboxylic acids is 3. The number of alkyl carbamates (subject to hydrolysis) is 1. The van der Waals surface area contributed by atoms with Crippen LogP contribution < -0.4 is 10.6 Å². The summed E-state index contributed by atoms with van der Waals surface area (Å²) >= 11 is 0. The maximum atomic E-state index is 13.6. The zero-order valence-corrected chi connectivity index (χ0v) is 21.1. The Labute approximate surface area is 206 Å². The van der Waals surface area contributed by atoms with Gasteiger partial charge in [-0.2, -0.15) is 0 Å². The third-order valence-corrected chi connectivity index (χ3v) is 5.32. The molecule has 2 atom stereocenters. The number of nitrogens with one attached hydrogen (secondary N) is 2. The van der Waals surface area contributed by atoms with Gasteiger partial charge in [0.05, 0.1) is 6.61 Å². The molecule has 0 heterocycles. The van der Waals surface area contributed by atoms with Crippen LogP contribution in [0.3, 0.4) is 0 Å². The number of aliphatic hydroxyl groups is 1. The standard InChI is InChI=1S/C26H35N3O6/c1-7-29(24(33)19(15-30)27-25(34)35-26(4,5)6)22(18-13-8-9-14-20(18)31)23(32)28-21-16(2)11-10-12-17(21)3/h8-14,19,22,30-31H,7,15H2,1-6H3,(H,27,34)(H,28,32). The number of phenolic OH excluding ortho intramolecular Hbond substituents is 1. The van der Waals surface area contributed by atoms with Gasteiger partial charge in [-0.05, 0) is 58.7 Å². The lowest BCUT2D eigenvalue weighted by atomic mass is 10.0. The molecule has 9 nitrogen and oxygen atoms in total. The van der Waals surface area contributed by atoms with Crippen molar-refractivity contribution < 1.29 is 29.3 Å². The number of aliphatic hydroxyl groups excluding tert-OH is 1. The summed E-state index contributed by atoms with van der Waals surface area (Å²) in [5.41, 5.74) is 1.68. The summed E-state index contributed by atoms with van der Waals surface area (Å²) in [5.74, 6) is -1.42. The molecule has 0 bridgehead atoms. The second-order valence-corrected chi connectivity index (χ2v) is 9.22. The molecule has 0 aliphatic carbocycles. The molecule has 9 heteroatoms. The van der Waals surface area contributed by atoms with E-state index >= 15 is 0 Å². The number of aromatic hydroxyl groups is 1. The molecule has 0 saturated heterocycles. The fourth-order valence-electron chi connectivity index (χ4n) is 3.67. The third-order valence-electron chi connectivity index (χ3n) is 5.32. The molecule has 4 N–H and O–H groups in total. The Kier molecular flexibility index (Phi) is 9.25. The maximum Gasteiger partial charge on any atom is 0.408 e. The predicted octanol–water partition coefficient (Wildman–Crippen LogP) is 3.42. The highest BCUT2D eigenvalue weighted by Gasteiger charge is 2.36. The number of rotatable bonds is 8. The van der Waals surface area contributed by atoms with Crippen LogP contribution in [0.1, 0.15) is 50.4 Å². The lowest BCUT2D eigenvalue weighted by molar-refractivity contribution is -0.141. The lowest BCUT2D eigenvalue weighted by Crippen LogP contribution is -2.53. The summed E-state index contributed by atoms with van der Waals surface area (Å²) in [4.78, 5) is 40.5. The Morgan fingerprint density at radius 2 is 1.63 bits per heavy atom. The van der Waals surface area contributed by atoms with E-state index in [0.29, 0.717) is 5.69 Å². The minimum atomic E-state index is -1.36. The van der Waals surface area contributed by atoms with Gasteiger partial charge in [-0.1, -0.05) is 36.4 Å². The summed E-state index contributed by atoms with van der Waals surface area (Å²) in [6.45, 7) is 9.75. The fraction of sp³-hybridized carbons (Fsp3) is 0.423. The molecule has 190 valence electrons. The fourth-order valence-corrected chi connectivity index (χ4v) is 3.67. The second-order valence-electron chi connectivity index (χ2n) is 9.22. The van der Waals surface area contributed by atoms with Crippen molar-refractivity contribution in [2.45, 2.75) is 59.2 Å². The molecule has 3 amide bonds. The molecule has 0 spiro atoms. The van der Waals surface area contributed by atoms with Crippen molar-refractivity contribution in [1.82, 2.24) is 10.2 Å². The maximum absolute atomic E-state index is 13.6. The first-order chi connectivity index (χ1) is 16.4. The van der Waals surface area contributed by atoms with Crippen molar-refractivity contribution in [2.75, 3.05) is 18.5 Å². The molecule has 0 radical (unpaired) electrons. The molecule has 0 aliphatic heterocycles. The minimum Gasteiger partial charge on any atom is -0.508 e. The molecule has 2 aromatic carbocycles. The summed E-state index contributed by atoms with van der Waals surface area (Å²) < 4.78 is 5.20. The van der Waals surface area contributed by atoms with Gasteiger partial charge in [0.1, 0.15) is 23.4 Å². The molecule has 2 aromatic rings. The van der Waals surface area contributed by atoms with Gasteiger partial charge in [0.15, 0.2) is 0 Å². The number of amides is 3. The number of anilines is 1. The summed E-state index contributed by atoms with van der Waals surface area (Å²) in [5, 5.41) is 25.7. The van der Waals surface area contributed by atoms with Crippen molar-refractivity contribution in [2.24, 2.45) is 0 Å². The van der Waals surface area contributed by atoms with Gasteiger partial charge in [-0.15, -0.1) is 0 Å². The number of carbonyl (C=O) groups is 3. The van der Waals surface area contributed by atoms with E-state index in [1.54, 1.807) is 45.9 Å². The monoisotopic (exact) mass is 485 g/mol. The average molecular weight is 486 g/mol. The van der Waals surface area contributed by atoms with Crippen molar-refractivity contribution >= 4 is 23.6 Å². The van der Waals surface area contributed by atoms with E-state index in [9.17, 15) is 24.6 Å². The van der Waals surface area contributed by atoms with Crippen molar-refractivity contribution in [3.8, 4) is 5.75 Å². The number of hydrogen-bond donors (Lipinski definition) is 4. The smallest absolute Gasteiger partial charge is 0.408 e. The van der Waals surface area contributed by atoms with Gasteiger partial charge in [-0.3, -0.25) is 9.59 Å². The number of para-hydroxylation sites is 2.